The van der Waals surface area contributed by atoms with Gasteiger partial charge in [0.15, 0.2) is 5.11 Å². The van der Waals surface area contributed by atoms with Gasteiger partial charge >= 0.3 is 0 Å². The summed E-state index contributed by atoms with van der Waals surface area (Å²) in [5.41, 5.74) is 2.12. The summed E-state index contributed by atoms with van der Waals surface area (Å²) in [5.74, 6) is 0.973. The second-order valence-corrected chi connectivity index (χ2v) is 5.18. The number of hydrogen-bond donors (Lipinski definition) is 2. The first-order chi connectivity index (χ1) is 10.8. The molecule has 1 aromatic heterocycles. The summed E-state index contributed by atoms with van der Waals surface area (Å²) >= 11 is 5.26. The second kappa shape index (κ2) is 9.00. The molecule has 116 valence electrons. The number of nitrogens with one attached hydrogen (secondary N) is 2. The Morgan fingerprint density at radius 3 is 2.86 bits per heavy atom. The fourth-order valence-corrected chi connectivity index (χ4v) is 2.32. The van der Waals surface area contributed by atoms with E-state index in [1.165, 1.54) is 5.56 Å². The number of anilines is 1. The smallest absolute Gasteiger partial charge is 0.170 e. The van der Waals surface area contributed by atoms with Gasteiger partial charge in [0.1, 0.15) is 5.75 Å². The Labute approximate surface area is 136 Å². The Balaban J connectivity index is 1.72. The van der Waals surface area contributed by atoms with Gasteiger partial charge in [0.05, 0.1) is 18.5 Å². The molecule has 5 heteroatoms. The standard InChI is InChI=1S/C17H21N3OS/c1-2-21-16-10-4-3-7-14(16)8-5-12-19-17(22)20-15-9-6-11-18-13-15/h3-4,6-7,9-11,13H,2,5,8,12H2,1H3,(H2,19,20,22). The minimum absolute atomic E-state index is 0.617. The van der Waals surface area contributed by atoms with Crippen molar-refractivity contribution in [3.05, 3.63) is 54.4 Å². The molecule has 0 saturated heterocycles. The van der Waals surface area contributed by atoms with E-state index in [0.29, 0.717) is 11.7 Å². The molecule has 1 aromatic carbocycles. The zero-order valence-electron chi connectivity index (χ0n) is 12.7. The molecule has 0 atom stereocenters. The van der Waals surface area contributed by atoms with Crippen molar-refractivity contribution >= 4 is 23.0 Å². The third-order valence-electron chi connectivity index (χ3n) is 3.10. The third kappa shape index (κ3) is 5.33. The number of rotatable bonds is 7. The number of benzene rings is 1. The van der Waals surface area contributed by atoms with Crippen LogP contribution in [0.25, 0.3) is 0 Å². The van der Waals surface area contributed by atoms with Gasteiger partial charge in [-0.3, -0.25) is 4.98 Å². The van der Waals surface area contributed by atoms with Gasteiger partial charge < -0.3 is 15.4 Å². The van der Waals surface area contributed by atoms with Crippen LogP contribution in [0.15, 0.2) is 48.8 Å². The van der Waals surface area contributed by atoms with E-state index in [4.69, 9.17) is 17.0 Å². The van der Waals surface area contributed by atoms with Crippen LogP contribution in [0, 0.1) is 0 Å². The molecule has 0 amide bonds. The summed E-state index contributed by atoms with van der Waals surface area (Å²) in [7, 11) is 0. The van der Waals surface area contributed by atoms with Crippen LogP contribution in [0.4, 0.5) is 5.69 Å². The van der Waals surface area contributed by atoms with Gasteiger partial charge in [0, 0.05) is 12.7 Å². The SMILES string of the molecule is CCOc1ccccc1CCCNC(=S)Nc1cccnc1. The molecule has 0 bridgehead atoms. The third-order valence-corrected chi connectivity index (χ3v) is 3.35. The summed E-state index contributed by atoms with van der Waals surface area (Å²) in [4.78, 5) is 4.04. The van der Waals surface area contributed by atoms with Crippen molar-refractivity contribution in [2.45, 2.75) is 19.8 Å². The number of ether oxygens (including phenoxy) is 1. The molecule has 1 heterocycles. The highest BCUT2D eigenvalue weighted by atomic mass is 32.1. The van der Waals surface area contributed by atoms with Crippen molar-refractivity contribution in [2.75, 3.05) is 18.5 Å². The van der Waals surface area contributed by atoms with Crippen molar-refractivity contribution in [2.24, 2.45) is 0 Å². The molecule has 2 aromatic rings. The first-order valence-corrected chi connectivity index (χ1v) is 7.86. The molecule has 2 N–H and O–H groups in total. The Bertz CT molecular complexity index is 589. The Morgan fingerprint density at radius 2 is 2.09 bits per heavy atom. The lowest BCUT2D eigenvalue weighted by Crippen LogP contribution is -2.29. The van der Waals surface area contributed by atoms with Crippen LogP contribution in [0.2, 0.25) is 0 Å². The average molecular weight is 315 g/mol. The summed E-state index contributed by atoms with van der Waals surface area (Å²) in [6.07, 6.45) is 5.42. The molecular weight excluding hydrogens is 294 g/mol. The van der Waals surface area contributed by atoms with Gasteiger partial charge in [-0.1, -0.05) is 18.2 Å². The van der Waals surface area contributed by atoms with Crippen molar-refractivity contribution in [3.63, 3.8) is 0 Å². The normalized spacial score (nSPS) is 10.0. The summed E-state index contributed by atoms with van der Waals surface area (Å²) < 4.78 is 5.63. The highest BCUT2D eigenvalue weighted by Gasteiger charge is 2.02. The van der Waals surface area contributed by atoms with Crippen molar-refractivity contribution in [1.82, 2.24) is 10.3 Å². The van der Waals surface area contributed by atoms with Crippen LogP contribution in [0.5, 0.6) is 5.75 Å². The zero-order chi connectivity index (χ0) is 15.6. The number of aromatic nitrogens is 1. The molecule has 0 aliphatic rings. The predicted octanol–water partition coefficient (Wildman–Crippen LogP) is 3.40. The van der Waals surface area contributed by atoms with E-state index >= 15 is 0 Å². The van der Waals surface area contributed by atoms with Crippen LogP contribution in [-0.4, -0.2) is 23.2 Å². The summed E-state index contributed by atoms with van der Waals surface area (Å²) in [6, 6.07) is 12.0. The number of aryl methyl sites for hydroxylation is 1. The highest BCUT2D eigenvalue weighted by molar-refractivity contribution is 7.80. The molecule has 22 heavy (non-hydrogen) atoms. The minimum atomic E-state index is 0.617. The first kappa shape index (κ1) is 16.2. The molecule has 0 unspecified atom stereocenters. The Hall–Kier alpha value is -2.14. The number of pyridine rings is 1. The van der Waals surface area contributed by atoms with Gasteiger partial charge in [-0.2, -0.15) is 0 Å². The van der Waals surface area contributed by atoms with Gasteiger partial charge in [-0.05, 0) is 55.7 Å². The molecule has 0 fully saturated rings. The van der Waals surface area contributed by atoms with Crippen LogP contribution < -0.4 is 15.4 Å². The fraction of sp³-hybridized carbons (Fsp3) is 0.294. The van der Waals surface area contributed by atoms with Crippen LogP contribution in [0.3, 0.4) is 0 Å². The molecule has 2 rings (SSSR count). The lowest BCUT2D eigenvalue weighted by atomic mass is 10.1. The van der Waals surface area contributed by atoms with Gasteiger partial charge in [0.2, 0.25) is 0 Å². The Kier molecular flexibility index (Phi) is 6.64. The summed E-state index contributed by atoms with van der Waals surface area (Å²) in [6.45, 7) is 3.50. The van der Waals surface area contributed by atoms with E-state index < -0.39 is 0 Å². The minimum Gasteiger partial charge on any atom is -0.494 e. The maximum absolute atomic E-state index is 5.63. The van der Waals surface area contributed by atoms with E-state index in [9.17, 15) is 0 Å². The second-order valence-electron chi connectivity index (χ2n) is 4.77. The molecule has 0 radical (unpaired) electrons. The van der Waals surface area contributed by atoms with Crippen molar-refractivity contribution in [1.29, 1.82) is 0 Å². The van der Waals surface area contributed by atoms with Crippen molar-refractivity contribution < 1.29 is 4.74 Å². The Morgan fingerprint density at radius 1 is 1.23 bits per heavy atom. The molecule has 0 spiro atoms. The summed E-state index contributed by atoms with van der Waals surface area (Å²) in [5, 5.41) is 6.93. The first-order valence-electron chi connectivity index (χ1n) is 7.45. The fourth-order valence-electron chi connectivity index (χ4n) is 2.10. The number of thiocarbonyl (C=S) groups is 1. The van der Waals surface area contributed by atoms with Gasteiger partial charge in [-0.25, -0.2) is 0 Å². The maximum atomic E-state index is 5.63. The molecule has 0 aliphatic carbocycles. The van der Waals surface area contributed by atoms with E-state index in [1.807, 2.05) is 37.3 Å². The van der Waals surface area contributed by atoms with E-state index in [1.54, 1.807) is 12.4 Å². The van der Waals surface area contributed by atoms with E-state index in [0.717, 1.165) is 30.8 Å². The molecule has 0 aliphatic heterocycles. The van der Waals surface area contributed by atoms with Gasteiger partial charge in [-0.15, -0.1) is 0 Å². The lowest BCUT2D eigenvalue weighted by Gasteiger charge is -2.12. The van der Waals surface area contributed by atoms with Crippen LogP contribution in [-0.2, 0) is 6.42 Å². The zero-order valence-corrected chi connectivity index (χ0v) is 13.5. The maximum Gasteiger partial charge on any atom is 0.170 e. The highest BCUT2D eigenvalue weighted by Crippen LogP contribution is 2.19. The van der Waals surface area contributed by atoms with Crippen LogP contribution in [0.1, 0.15) is 18.9 Å². The van der Waals surface area contributed by atoms with Crippen LogP contribution >= 0.6 is 12.2 Å². The largest absolute Gasteiger partial charge is 0.494 e. The number of nitrogens with zero attached hydrogens (tertiary/aromatic N) is 1. The molecule has 4 nitrogen and oxygen atoms in total. The number of para-hydroxylation sites is 1. The quantitative estimate of drug-likeness (QED) is 0.606. The topological polar surface area (TPSA) is 46.2 Å². The lowest BCUT2D eigenvalue weighted by molar-refractivity contribution is 0.336. The van der Waals surface area contributed by atoms with E-state index in [2.05, 4.69) is 21.7 Å². The molecular formula is C17H21N3OS. The predicted molar refractivity (Wildman–Crippen MR) is 94.4 cm³/mol. The van der Waals surface area contributed by atoms with E-state index in [-0.39, 0.29) is 0 Å². The monoisotopic (exact) mass is 315 g/mol. The average Bonchev–Trinajstić information content (AvgIpc) is 2.54. The van der Waals surface area contributed by atoms with Gasteiger partial charge in [0.25, 0.3) is 0 Å². The molecule has 0 saturated carbocycles. The number of hydrogen-bond acceptors (Lipinski definition) is 3. The van der Waals surface area contributed by atoms with Crippen molar-refractivity contribution in [3.8, 4) is 5.75 Å².